The molecule has 2 atom stereocenters. The molecule has 0 saturated carbocycles. The van der Waals surface area contributed by atoms with Crippen LogP contribution in [0, 0.1) is 0 Å². The van der Waals surface area contributed by atoms with Gasteiger partial charge in [0.05, 0.1) is 0 Å². The summed E-state index contributed by atoms with van der Waals surface area (Å²) in [7, 11) is 0. The van der Waals surface area contributed by atoms with Crippen LogP contribution in [0.25, 0.3) is 0 Å². The van der Waals surface area contributed by atoms with Crippen molar-refractivity contribution in [3.8, 4) is 0 Å². The molecule has 0 aliphatic heterocycles. The first-order valence-corrected chi connectivity index (χ1v) is 4.52. The minimum Gasteiger partial charge on any atom is -0.396 e. The van der Waals surface area contributed by atoms with E-state index in [1.807, 2.05) is 25.3 Å². The highest BCUT2D eigenvalue weighted by Crippen LogP contribution is 2.20. The molecule has 0 aliphatic rings. The summed E-state index contributed by atoms with van der Waals surface area (Å²) in [6.45, 7) is 2.12. The van der Waals surface area contributed by atoms with Crippen LogP contribution in [0.3, 0.4) is 0 Å². The van der Waals surface area contributed by atoms with Crippen LogP contribution < -0.4 is 5.73 Å². The van der Waals surface area contributed by atoms with Gasteiger partial charge in [-0.2, -0.15) is 0 Å². The number of nitrogens with two attached hydrogens (primary N) is 1. The van der Waals surface area contributed by atoms with E-state index in [0.29, 0.717) is 6.42 Å². The van der Waals surface area contributed by atoms with E-state index < -0.39 is 0 Å². The number of hydrogen-bond acceptors (Lipinski definition) is 3. The Balaban J connectivity index is 2.76. The van der Waals surface area contributed by atoms with Gasteiger partial charge in [0.2, 0.25) is 0 Å². The molecule has 72 valence electrons. The van der Waals surface area contributed by atoms with Crippen molar-refractivity contribution >= 4 is 0 Å². The first-order valence-electron chi connectivity index (χ1n) is 4.52. The van der Waals surface area contributed by atoms with Gasteiger partial charge in [0.25, 0.3) is 0 Å². The molecule has 2 unspecified atom stereocenters. The van der Waals surface area contributed by atoms with Crippen molar-refractivity contribution in [2.24, 2.45) is 5.73 Å². The molecular weight excluding hydrogens is 164 g/mol. The van der Waals surface area contributed by atoms with E-state index in [4.69, 9.17) is 10.8 Å². The van der Waals surface area contributed by atoms with Crippen molar-refractivity contribution < 1.29 is 5.11 Å². The van der Waals surface area contributed by atoms with E-state index >= 15 is 0 Å². The van der Waals surface area contributed by atoms with Crippen molar-refractivity contribution in [3.63, 3.8) is 0 Å². The van der Waals surface area contributed by atoms with Crippen LogP contribution in [-0.2, 0) is 0 Å². The highest BCUT2D eigenvalue weighted by molar-refractivity contribution is 5.16. The molecule has 0 spiro atoms. The average Bonchev–Trinajstić information content (AvgIpc) is 2.15. The van der Waals surface area contributed by atoms with Gasteiger partial charge in [-0.15, -0.1) is 0 Å². The Morgan fingerprint density at radius 1 is 1.62 bits per heavy atom. The van der Waals surface area contributed by atoms with Gasteiger partial charge in [-0.3, -0.25) is 4.98 Å². The Labute approximate surface area is 78.6 Å². The maximum Gasteiger partial charge on any atom is 0.0437 e. The van der Waals surface area contributed by atoms with E-state index in [1.165, 1.54) is 0 Å². The minimum absolute atomic E-state index is 0.0522. The lowest BCUT2D eigenvalue weighted by Gasteiger charge is -2.19. The fourth-order valence-corrected chi connectivity index (χ4v) is 1.47. The fourth-order valence-electron chi connectivity index (χ4n) is 1.47. The third-order valence-electron chi connectivity index (χ3n) is 2.19. The number of nitrogens with zero attached hydrogens (tertiary/aromatic N) is 1. The lowest BCUT2D eigenvalue weighted by atomic mass is 9.91. The molecule has 1 heterocycles. The number of pyridine rings is 1. The number of hydrogen-bond donors (Lipinski definition) is 2. The Morgan fingerprint density at radius 3 is 2.85 bits per heavy atom. The number of aliphatic hydroxyl groups excluding tert-OH is 1. The Hall–Kier alpha value is -0.930. The normalized spacial score (nSPS) is 15.3. The predicted molar refractivity (Wildman–Crippen MR) is 52.3 cm³/mol. The second-order valence-corrected chi connectivity index (χ2v) is 3.26. The molecule has 3 heteroatoms. The molecule has 13 heavy (non-hydrogen) atoms. The molecule has 1 aromatic rings. The van der Waals surface area contributed by atoms with E-state index in [1.54, 1.807) is 6.20 Å². The zero-order valence-corrected chi connectivity index (χ0v) is 7.85. The molecule has 1 rings (SSSR count). The van der Waals surface area contributed by atoms with Gasteiger partial charge in [0.1, 0.15) is 0 Å². The monoisotopic (exact) mass is 180 g/mol. The summed E-state index contributed by atoms with van der Waals surface area (Å²) in [5, 5.41) is 8.87. The molecule has 0 radical (unpaired) electrons. The van der Waals surface area contributed by atoms with Crippen LogP contribution in [-0.4, -0.2) is 22.7 Å². The third-order valence-corrected chi connectivity index (χ3v) is 2.19. The van der Waals surface area contributed by atoms with E-state index in [-0.39, 0.29) is 18.6 Å². The zero-order valence-electron chi connectivity index (χ0n) is 7.85. The first kappa shape index (κ1) is 10.2. The molecule has 0 amide bonds. The van der Waals surface area contributed by atoms with Gasteiger partial charge in [0, 0.05) is 31.0 Å². The molecule has 0 fully saturated rings. The lowest BCUT2D eigenvalue weighted by Crippen LogP contribution is -2.25. The summed E-state index contributed by atoms with van der Waals surface area (Å²) in [5.41, 5.74) is 6.92. The van der Waals surface area contributed by atoms with Gasteiger partial charge in [-0.25, -0.2) is 0 Å². The van der Waals surface area contributed by atoms with Gasteiger partial charge in [0.15, 0.2) is 0 Å². The predicted octanol–water partition coefficient (Wildman–Crippen LogP) is 0.895. The van der Waals surface area contributed by atoms with Gasteiger partial charge >= 0.3 is 0 Å². The molecule has 0 aliphatic carbocycles. The Morgan fingerprint density at radius 2 is 2.38 bits per heavy atom. The van der Waals surface area contributed by atoms with Crippen molar-refractivity contribution in [1.82, 2.24) is 4.98 Å². The molecule has 3 N–H and O–H groups in total. The van der Waals surface area contributed by atoms with Crippen LogP contribution in [0.1, 0.15) is 24.8 Å². The molecular formula is C10H16N2O. The van der Waals surface area contributed by atoms with Crippen LogP contribution in [0.15, 0.2) is 24.5 Å². The summed E-state index contributed by atoms with van der Waals surface area (Å²) in [6, 6.07) is 3.94. The van der Waals surface area contributed by atoms with E-state index in [9.17, 15) is 0 Å². The van der Waals surface area contributed by atoms with Crippen LogP contribution >= 0.6 is 0 Å². The van der Waals surface area contributed by atoms with Crippen molar-refractivity contribution in [1.29, 1.82) is 0 Å². The molecule has 0 saturated heterocycles. The van der Waals surface area contributed by atoms with Gasteiger partial charge in [-0.1, -0.05) is 6.07 Å². The van der Waals surface area contributed by atoms with Crippen molar-refractivity contribution in [2.45, 2.75) is 25.3 Å². The SMILES string of the molecule is CC(N)C(CCO)c1cccnc1. The van der Waals surface area contributed by atoms with Crippen molar-refractivity contribution in [2.75, 3.05) is 6.61 Å². The molecule has 0 aromatic carbocycles. The first-order chi connectivity index (χ1) is 6.25. The zero-order chi connectivity index (χ0) is 9.68. The smallest absolute Gasteiger partial charge is 0.0437 e. The van der Waals surface area contributed by atoms with E-state index in [2.05, 4.69) is 4.98 Å². The second kappa shape index (κ2) is 4.94. The summed E-state index contributed by atoms with van der Waals surface area (Å²) in [6.07, 6.45) is 4.24. The maximum atomic E-state index is 8.87. The van der Waals surface area contributed by atoms with E-state index in [0.717, 1.165) is 5.56 Å². The van der Waals surface area contributed by atoms with Crippen LogP contribution in [0.4, 0.5) is 0 Å². The highest BCUT2D eigenvalue weighted by Gasteiger charge is 2.15. The standard InChI is InChI=1S/C10H16N2O/c1-8(11)10(4-6-13)9-3-2-5-12-7-9/h2-3,5,7-8,10,13H,4,6,11H2,1H3. The molecule has 0 bridgehead atoms. The van der Waals surface area contributed by atoms with Gasteiger partial charge in [-0.05, 0) is 25.0 Å². The lowest BCUT2D eigenvalue weighted by molar-refractivity contribution is 0.269. The fraction of sp³-hybridized carbons (Fsp3) is 0.500. The van der Waals surface area contributed by atoms with Crippen molar-refractivity contribution in [3.05, 3.63) is 30.1 Å². The summed E-state index contributed by atoms with van der Waals surface area (Å²) in [5.74, 6) is 0.207. The molecule has 1 aromatic heterocycles. The largest absolute Gasteiger partial charge is 0.396 e. The summed E-state index contributed by atoms with van der Waals surface area (Å²) < 4.78 is 0. The Bertz CT molecular complexity index is 236. The summed E-state index contributed by atoms with van der Waals surface area (Å²) in [4.78, 5) is 4.03. The number of rotatable bonds is 4. The Kier molecular flexibility index (Phi) is 3.86. The third kappa shape index (κ3) is 2.79. The quantitative estimate of drug-likeness (QED) is 0.723. The number of aliphatic hydroxyl groups is 1. The highest BCUT2D eigenvalue weighted by atomic mass is 16.3. The molecule has 3 nitrogen and oxygen atoms in total. The topological polar surface area (TPSA) is 59.1 Å². The van der Waals surface area contributed by atoms with Crippen LogP contribution in [0.5, 0.6) is 0 Å². The number of aromatic nitrogens is 1. The maximum absolute atomic E-state index is 8.87. The average molecular weight is 180 g/mol. The second-order valence-electron chi connectivity index (χ2n) is 3.26. The minimum atomic E-state index is 0.0522. The van der Waals surface area contributed by atoms with Gasteiger partial charge < -0.3 is 10.8 Å². The van der Waals surface area contributed by atoms with Crippen LogP contribution in [0.2, 0.25) is 0 Å². The summed E-state index contributed by atoms with van der Waals surface area (Å²) >= 11 is 0.